The van der Waals surface area contributed by atoms with Crippen molar-refractivity contribution in [3.05, 3.63) is 0 Å². The molecule has 7 aliphatic rings. The van der Waals surface area contributed by atoms with Gasteiger partial charge in [0.05, 0.1) is 36.6 Å². The van der Waals surface area contributed by atoms with Gasteiger partial charge in [0.25, 0.3) is 0 Å². The Kier molecular flexibility index (Phi) is 9.41. The maximum atomic E-state index is 10.6. The van der Waals surface area contributed by atoms with E-state index in [1.54, 1.807) is 0 Å². The molecule has 7 nitrogen and oxygen atoms in total. The Labute approximate surface area is 274 Å². The Morgan fingerprint density at radius 1 is 0.933 bits per heavy atom. The second-order valence-corrected chi connectivity index (χ2v) is 17.9. The third kappa shape index (κ3) is 5.31. The van der Waals surface area contributed by atoms with Crippen molar-refractivity contribution in [2.45, 2.75) is 168 Å². The zero-order chi connectivity index (χ0) is 32.6. The molecule has 12 unspecified atom stereocenters. The molecule has 0 aromatic heterocycles. The summed E-state index contributed by atoms with van der Waals surface area (Å²) in [6, 6.07) is 0.323. The summed E-state index contributed by atoms with van der Waals surface area (Å²) in [5.41, 5.74) is 7.28. The quantitative estimate of drug-likeness (QED) is 0.311. The number of nitrogens with zero attached hydrogens (tertiary/aromatic N) is 1. The summed E-state index contributed by atoms with van der Waals surface area (Å²) in [7, 11) is 1.00. The van der Waals surface area contributed by atoms with Crippen molar-refractivity contribution in [2.24, 2.45) is 51.1 Å². The van der Waals surface area contributed by atoms with E-state index in [2.05, 4.69) is 39.5 Å². The number of ether oxygens (including phenoxy) is 3. The first kappa shape index (κ1) is 34.6. The van der Waals surface area contributed by atoms with Crippen LogP contribution in [0, 0.1) is 45.3 Å². The fourth-order valence-corrected chi connectivity index (χ4v) is 13.3. The van der Waals surface area contributed by atoms with Gasteiger partial charge >= 0.3 is 0 Å². The van der Waals surface area contributed by atoms with Crippen LogP contribution >= 0.6 is 0 Å². The minimum absolute atomic E-state index is 0.0203. The van der Waals surface area contributed by atoms with Crippen molar-refractivity contribution in [1.82, 2.24) is 4.90 Å². The SMILES string of the molecule is CCC(CC)N1CCOC(OC2CCC34CC35CCC3(C)C6CCC(C(N)C(C)(C)O)OC6CC3C5CCC4C2(C)C)C1.CO. The minimum atomic E-state index is -0.902. The lowest BCUT2D eigenvalue weighted by Gasteiger charge is -2.60. The highest BCUT2D eigenvalue weighted by Crippen LogP contribution is 2.87. The van der Waals surface area contributed by atoms with E-state index in [4.69, 9.17) is 25.1 Å². The lowest BCUT2D eigenvalue weighted by Crippen LogP contribution is -2.57. The van der Waals surface area contributed by atoms with E-state index in [1.165, 1.54) is 70.6 Å². The second-order valence-electron chi connectivity index (χ2n) is 17.9. The van der Waals surface area contributed by atoms with E-state index in [1.807, 2.05) is 13.8 Å². The van der Waals surface area contributed by atoms with E-state index in [0.29, 0.717) is 34.3 Å². The molecule has 5 aliphatic carbocycles. The molecule has 7 fully saturated rings. The van der Waals surface area contributed by atoms with Crippen LogP contribution in [0.25, 0.3) is 0 Å². The summed E-state index contributed by atoms with van der Waals surface area (Å²) in [4.78, 5) is 2.62. The number of hydrogen-bond donors (Lipinski definition) is 3. The number of nitrogens with two attached hydrogens (primary N) is 1. The fraction of sp³-hybridized carbons (Fsp3) is 1.00. The van der Waals surface area contributed by atoms with Gasteiger partial charge in [0.2, 0.25) is 0 Å². The highest BCUT2D eigenvalue weighted by Gasteiger charge is 2.80. The average molecular weight is 633 g/mol. The molecule has 0 aromatic carbocycles. The Hall–Kier alpha value is -0.280. The van der Waals surface area contributed by atoms with Gasteiger partial charge in [-0.1, -0.05) is 34.6 Å². The van der Waals surface area contributed by atoms with Crippen LogP contribution in [0.4, 0.5) is 0 Å². The molecule has 0 amide bonds. The minimum Gasteiger partial charge on any atom is -0.400 e. The van der Waals surface area contributed by atoms with Crippen LogP contribution in [0.5, 0.6) is 0 Å². The number of fused-ring (bicyclic) bond motifs is 4. The molecule has 2 heterocycles. The van der Waals surface area contributed by atoms with Crippen LogP contribution in [0.3, 0.4) is 0 Å². The van der Waals surface area contributed by atoms with Crippen molar-refractivity contribution in [3.63, 3.8) is 0 Å². The van der Waals surface area contributed by atoms with Gasteiger partial charge in [-0.15, -0.1) is 0 Å². The molecule has 0 aromatic rings. The fourth-order valence-electron chi connectivity index (χ4n) is 13.3. The maximum Gasteiger partial charge on any atom is 0.170 e. The van der Waals surface area contributed by atoms with E-state index < -0.39 is 5.60 Å². The number of rotatable bonds is 7. The second kappa shape index (κ2) is 12.2. The summed E-state index contributed by atoms with van der Waals surface area (Å²) >= 11 is 0. The summed E-state index contributed by atoms with van der Waals surface area (Å²) in [6.07, 6.45) is 15.9. The molecular formula is C38H68N2O5. The van der Waals surface area contributed by atoms with Crippen molar-refractivity contribution in [1.29, 1.82) is 0 Å². The smallest absolute Gasteiger partial charge is 0.170 e. The van der Waals surface area contributed by atoms with Gasteiger partial charge in [-0.25, -0.2) is 0 Å². The third-order valence-corrected chi connectivity index (χ3v) is 15.6. The van der Waals surface area contributed by atoms with Crippen LogP contribution in [0.2, 0.25) is 0 Å². The van der Waals surface area contributed by atoms with Gasteiger partial charge in [-0.3, -0.25) is 4.90 Å². The first-order valence-electron chi connectivity index (χ1n) is 18.9. The maximum absolute atomic E-state index is 10.6. The first-order valence-corrected chi connectivity index (χ1v) is 18.9. The van der Waals surface area contributed by atoms with E-state index in [9.17, 15) is 5.11 Å². The number of morpholine rings is 1. The number of hydrogen-bond acceptors (Lipinski definition) is 7. The highest BCUT2D eigenvalue weighted by atomic mass is 16.7. The van der Waals surface area contributed by atoms with Crippen LogP contribution in [-0.4, -0.2) is 84.2 Å². The highest BCUT2D eigenvalue weighted by molar-refractivity contribution is 5.29. The molecule has 0 bridgehead atoms. The third-order valence-electron chi connectivity index (χ3n) is 15.6. The Morgan fingerprint density at radius 2 is 1.64 bits per heavy atom. The standard InChI is InChI=1S/C37H64N2O4.CH4O/c1-8-23(9-2)39-18-19-41-31(21-39)43-30-14-15-37-22-36(37)17-16-35(7)25-10-12-27(32(38)34(5,6)40)42-28(25)20-26(35)24(36)11-13-29(37)33(30,3)4;1-2/h23-32,40H,8-22,38H2,1-7H3;2H,1H3. The predicted octanol–water partition coefficient (Wildman–Crippen LogP) is 6.13. The molecule has 7 rings (SSSR count). The van der Waals surface area contributed by atoms with Crippen molar-refractivity contribution >= 4 is 0 Å². The summed E-state index contributed by atoms with van der Waals surface area (Å²) in [5.74, 6) is 3.04. The van der Waals surface area contributed by atoms with Gasteiger partial charge in [0, 0.05) is 26.2 Å². The Balaban J connectivity index is 0.00000175. The normalized spacial score (nSPS) is 47.7. The molecule has 4 N–H and O–H groups in total. The number of aliphatic hydroxyl groups excluding tert-OH is 1. The van der Waals surface area contributed by atoms with E-state index >= 15 is 0 Å². The van der Waals surface area contributed by atoms with Gasteiger partial charge in [-0.05, 0) is 136 Å². The molecule has 260 valence electrons. The van der Waals surface area contributed by atoms with Crippen LogP contribution in [0.15, 0.2) is 0 Å². The summed E-state index contributed by atoms with van der Waals surface area (Å²) in [5, 5.41) is 17.6. The van der Waals surface area contributed by atoms with Crippen LogP contribution in [-0.2, 0) is 14.2 Å². The van der Waals surface area contributed by atoms with Crippen molar-refractivity contribution in [2.75, 3.05) is 26.8 Å². The molecular weight excluding hydrogens is 564 g/mol. The summed E-state index contributed by atoms with van der Waals surface area (Å²) in [6.45, 7) is 18.8. The average Bonchev–Trinajstić information content (AvgIpc) is 3.59. The number of aliphatic hydroxyl groups is 2. The predicted molar refractivity (Wildman–Crippen MR) is 179 cm³/mol. The summed E-state index contributed by atoms with van der Waals surface area (Å²) < 4.78 is 20.0. The topological polar surface area (TPSA) is 97.4 Å². The molecule has 5 saturated carbocycles. The van der Waals surface area contributed by atoms with Crippen LogP contribution < -0.4 is 5.73 Å². The molecule has 2 saturated heterocycles. The first-order chi connectivity index (χ1) is 21.3. The molecule has 2 aliphatic heterocycles. The molecule has 45 heavy (non-hydrogen) atoms. The zero-order valence-electron chi connectivity index (χ0n) is 30.0. The molecule has 12 atom stereocenters. The molecule has 2 spiro atoms. The Morgan fingerprint density at radius 3 is 2.33 bits per heavy atom. The van der Waals surface area contributed by atoms with Crippen LogP contribution in [0.1, 0.15) is 126 Å². The Bertz CT molecular complexity index is 1040. The van der Waals surface area contributed by atoms with Gasteiger partial charge < -0.3 is 30.2 Å². The van der Waals surface area contributed by atoms with Gasteiger partial charge in [-0.2, -0.15) is 0 Å². The van der Waals surface area contributed by atoms with Crippen molar-refractivity contribution < 1.29 is 24.4 Å². The molecule has 0 radical (unpaired) electrons. The lowest BCUT2D eigenvalue weighted by atomic mass is 9.46. The largest absolute Gasteiger partial charge is 0.400 e. The van der Waals surface area contributed by atoms with Crippen molar-refractivity contribution in [3.8, 4) is 0 Å². The molecule has 7 heteroatoms. The van der Waals surface area contributed by atoms with E-state index in [-0.39, 0.29) is 30.0 Å². The van der Waals surface area contributed by atoms with E-state index in [0.717, 1.165) is 51.0 Å². The van der Waals surface area contributed by atoms with Gasteiger partial charge in [0.15, 0.2) is 6.29 Å². The van der Waals surface area contributed by atoms with Gasteiger partial charge in [0.1, 0.15) is 0 Å². The zero-order valence-corrected chi connectivity index (χ0v) is 30.0. The monoisotopic (exact) mass is 633 g/mol. The lowest BCUT2D eigenvalue weighted by molar-refractivity contribution is -0.247.